The van der Waals surface area contributed by atoms with Gasteiger partial charge in [0.2, 0.25) is 0 Å². The van der Waals surface area contributed by atoms with Crippen molar-refractivity contribution in [3.8, 4) is 0 Å². The molecule has 1 aromatic carbocycles. The van der Waals surface area contributed by atoms with E-state index < -0.39 is 36.5 Å². The maximum absolute atomic E-state index is 12.7. The second kappa shape index (κ2) is 4.97. The van der Waals surface area contributed by atoms with Gasteiger partial charge in [-0.1, -0.05) is 0 Å². The first-order valence-corrected chi connectivity index (χ1v) is 4.85. The van der Waals surface area contributed by atoms with Crippen LogP contribution in [0.1, 0.15) is 5.56 Å². The van der Waals surface area contributed by atoms with Crippen LogP contribution in [0.2, 0.25) is 0 Å². The van der Waals surface area contributed by atoms with Gasteiger partial charge >= 0.3 is 6.18 Å². The van der Waals surface area contributed by atoms with Crippen LogP contribution in [0.25, 0.3) is 0 Å². The Balaban J connectivity index is 2.96. The summed E-state index contributed by atoms with van der Waals surface area (Å²) in [7, 11) is 0. The third-order valence-electron chi connectivity index (χ3n) is 2.12. The number of anilines is 2. The molecule has 0 aliphatic rings. The third kappa shape index (κ3) is 3.73. The molecule has 0 aliphatic heterocycles. The number of rotatable bonds is 4. The van der Waals surface area contributed by atoms with Gasteiger partial charge in [0.1, 0.15) is 6.61 Å². The van der Waals surface area contributed by atoms with Crippen LogP contribution >= 0.6 is 0 Å². The van der Waals surface area contributed by atoms with E-state index in [1.165, 1.54) is 0 Å². The van der Waals surface area contributed by atoms with Crippen LogP contribution in [0.4, 0.5) is 33.3 Å². The van der Waals surface area contributed by atoms with E-state index in [-0.39, 0.29) is 5.69 Å². The van der Waals surface area contributed by atoms with Crippen molar-refractivity contribution in [1.29, 1.82) is 0 Å². The smallest absolute Gasteiger partial charge is 0.399 e. The summed E-state index contributed by atoms with van der Waals surface area (Å²) < 4.78 is 63.2. The van der Waals surface area contributed by atoms with E-state index in [2.05, 4.69) is 0 Å². The van der Waals surface area contributed by atoms with Gasteiger partial charge in [0, 0.05) is 11.4 Å². The number of hydrogen-bond donors (Lipinski definition) is 3. The third-order valence-corrected chi connectivity index (χ3v) is 2.12. The molecule has 0 saturated carbocycles. The van der Waals surface area contributed by atoms with Crippen molar-refractivity contribution in [3.05, 3.63) is 23.8 Å². The molecule has 0 aromatic heterocycles. The van der Waals surface area contributed by atoms with E-state index in [1.54, 1.807) is 0 Å². The molecule has 0 atom stereocenters. The molecule has 0 unspecified atom stereocenters. The van der Waals surface area contributed by atoms with Gasteiger partial charge in [-0.15, -0.1) is 0 Å². The number of nitrogens with two attached hydrogens (primary N) is 1. The maximum atomic E-state index is 12.7. The lowest BCUT2D eigenvalue weighted by Crippen LogP contribution is -2.31. The van der Waals surface area contributed by atoms with Crippen molar-refractivity contribution < 1.29 is 27.1 Å². The van der Waals surface area contributed by atoms with Crippen molar-refractivity contribution in [2.75, 3.05) is 24.2 Å². The lowest BCUT2D eigenvalue weighted by Gasteiger charge is -2.18. The van der Waals surface area contributed by atoms with E-state index in [4.69, 9.17) is 10.8 Å². The first-order chi connectivity index (χ1) is 8.15. The Labute approximate surface area is 99.4 Å². The van der Waals surface area contributed by atoms with E-state index >= 15 is 0 Å². The summed E-state index contributed by atoms with van der Waals surface area (Å²) in [6.07, 6.45) is -4.70. The van der Waals surface area contributed by atoms with E-state index in [9.17, 15) is 22.0 Å². The Bertz CT molecular complexity index is 419. The van der Waals surface area contributed by atoms with Crippen LogP contribution in [0.5, 0.6) is 0 Å². The molecule has 0 saturated heterocycles. The van der Waals surface area contributed by atoms with E-state index in [1.807, 2.05) is 5.32 Å². The first kappa shape index (κ1) is 14.5. The van der Waals surface area contributed by atoms with Gasteiger partial charge in [-0.25, -0.2) is 8.78 Å². The highest BCUT2D eigenvalue weighted by molar-refractivity contribution is 5.59. The predicted octanol–water partition coefficient (Wildman–Crippen LogP) is 2.33. The minimum atomic E-state index is -4.70. The van der Waals surface area contributed by atoms with Crippen LogP contribution in [0, 0.1) is 0 Å². The molecule has 3 nitrogen and oxygen atoms in total. The molecule has 18 heavy (non-hydrogen) atoms. The van der Waals surface area contributed by atoms with E-state index in [0.29, 0.717) is 6.07 Å². The van der Waals surface area contributed by atoms with Gasteiger partial charge in [0.15, 0.2) is 0 Å². The number of nitrogens with one attached hydrogen (secondary N) is 1. The number of nitrogen functional groups attached to an aromatic ring is 1. The number of alkyl halides is 5. The summed E-state index contributed by atoms with van der Waals surface area (Å²) in [5.74, 6) is -3.50. The fourth-order valence-electron chi connectivity index (χ4n) is 1.23. The van der Waals surface area contributed by atoms with Crippen molar-refractivity contribution in [1.82, 2.24) is 0 Å². The van der Waals surface area contributed by atoms with Crippen LogP contribution in [-0.2, 0) is 6.18 Å². The van der Waals surface area contributed by atoms with Gasteiger partial charge in [-0.3, -0.25) is 0 Å². The lowest BCUT2D eigenvalue weighted by molar-refractivity contribution is -0.137. The average molecular weight is 270 g/mol. The molecule has 1 rings (SSSR count). The zero-order valence-electron chi connectivity index (χ0n) is 9.06. The molecular weight excluding hydrogens is 259 g/mol. The summed E-state index contributed by atoms with van der Waals surface area (Å²) in [6, 6.07) is 2.78. The summed E-state index contributed by atoms with van der Waals surface area (Å²) in [5.41, 5.74) is 3.46. The van der Waals surface area contributed by atoms with Crippen molar-refractivity contribution in [3.63, 3.8) is 0 Å². The van der Waals surface area contributed by atoms with Gasteiger partial charge in [0.05, 0.1) is 12.1 Å². The van der Waals surface area contributed by atoms with Gasteiger partial charge < -0.3 is 16.2 Å². The molecule has 4 N–H and O–H groups in total. The lowest BCUT2D eigenvalue weighted by atomic mass is 10.1. The molecule has 1 aromatic rings. The van der Waals surface area contributed by atoms with Gasteiger partial charge in [0.25, 0.3) is 5.92 Å². The summed E-state index contributed by atoms with van der Waals surface area (Å²) in [5, 5.41) is 10.3. The Morgan fingerprint density at radius 2 is 1.78 bits per heavy atom. The molecular formula is C10H11F5N2O. The van der Waals surface area contributed by atoms with Gasteiger partial charge in [-0.2, -0.15) is 13.2 Å². The zero-order chi connectivity index (χ0) is 14.0. The molecule has 0 fully saturated rings. The molecule has 102 valence electrons. The Kier molecular flexibility index (Phi) is 4.00. The highest BCUT2D eigenvalue weighted by atomic mass is 19.4. The maximum Gasteiger partial charge on any atom is 0.418 e. The molecule has 8 heteroatoms. The standard InChI is InChI=1S/C10H11F5N2O/c11-9(12,5-18)4-17-8-2-1-6(16)3-7(8)10(13,14)15/h1-3,17-18H,4-5,16H2. The van der Waals surface area contributed by atoms with Crippen molar-refractivity contribution in [2.24, 2.45) is 0 Å². The van der Waals surface area contributed by atoms with Gasteiger partial charge in [-0.05, 0) is 18.2 Å². The Hall–Kier alpha value is -1.57. The number of aliphatic hydroxyl groups excluding tert-OH is 1. The van der Waals surface area contributed by atoms with Crippen LogP contribution in [-0.4, -0.2) is 24.2 Å². The van der Waals surface area contributed by atoms with E-state index in [0.717, 1.165) is 12.1 Å². The topological polar surface area (TPSA) is 58.3 Å². The van der Waals surface area contributed by atoms with Crippen molar-refractivity contribution >= 4 is 11.4 Å². The first-order valence-electron chi connectivity index (χ1n) is 4.85. The average Bonchev–Trinajstić information content (AvgIpc) is 2.26. The highest BCUT2D eigenvalue weighted by Crippen LogP contribution is 2.36. The number of benzene rings is 1. The monoisotopic (exact) mass is 270 g/mol. The second-order valence-corrected chi connectivity index (χ2v) is 3.67. The molecule has 0 heterocycles. The SMILES string of the molecule is Nc1ccc(NCC(F)(F)CO)c(C(F)(F)F)c1. The highest BCUT2D eigenvalue weighted by Gasteiger charge is 2.35. The molecule has 0 amide bonds. The fourth-order valence-corrected chi connectivity index (χ4v) is 1.23. The Morgan fingerprint density at radius 1 is 1.17 bits per heavy atom. The summed E-state index contributed by atoms with van der Waals surface area (Å²) >= 11 is 0. The molecule has 0 aliphatic carbocycles. The molecule has 0 bridgehead atoms. The number of aliphatic hydroxyl groups is 1. The largest absolute Gasteiger partial charge is 0.418 e. The minimum absolute atomic E-state index is 0.123. The normalized spacial score (nSPS) is 12.6. The summed E-state index contributed by atoms with van der Waals surface area (Å²) in [6.45, 7) is -2.55. The summed E-state index contributed by atoms with van der Waals surface area (Å²) in [4.78, 5) is 0. The fraction of sp³-hybridized carbons (Fsp3) is 0.400. The molecule has 0 radical (unpaired) electrons. The quantitative estimate of drug-likeness (QED) is 0.581. The van der Waals surface area contributed by atoms with Crippen molar-refractivity contribution in [2.45, 2.75) is 12.1 Å². The number of hydrogen-bond acceptors (Lipinski definition) is 3. The zero-order valence-corrected chi connectivity index (χ0v) is 9.06. The second-order valence-electron chi connectivity index (χ2n) is 3.67. The molecule has 0 spiro atoms. The van der Waals surface area contributed by atoms with Crippen LogP contribution < -0.4 is 11.1 Å². The van der Waals surface area contributed by atoms with Crippen LogP contribution in [0.3, 0.4) is 0 Å². The predicted molar refractivity (Wildman–Crippen MR) is 56.4 cm³/mol. The Morgan fingerprint density at radius 3 is 2.28 bits per heavy atom. The number of halogens is 5. The minimum Gasteiger partial charge on any atom is -0.399 e. The van der Waals surface area contributed by atoms with Crippen LogP contribution in [0.15, 0.2) is 18.2 Å².